The van der Waals surface area contributed by atoms with E-state index in [2.05, 4.69) is 15.5 Å². The molecule has 1 unspecified atom stereocenters. The zero-order chi connectivity index (χ0) is 26.9. The Kier molecular flexibility index (Phi) is 6.08. The zero-order valence-corrected chi connectivity index (χ0v) is 20.1. The SMILES string of the molecule is C[C@@H](NC(=O)c1cn(C2(C(F)(F)F)CC2)c(=O)cc1NC1[C@H]2CN(C)C[C@@H]12)c1cccc(C(F)F)c1F. The molecule has 1 amide bonds. The van der Waals surface area contributed by atoms with Gasteiger partial charge in [-0.25, -0.2) is 13.2 Å². The quantitative estimate of drug-likeness (QED) is 0.522. The Morgan fingerprint density at radius 3 is 2.32 bits per heavy atom. The summed E-state index contributed by atoms with van der Waals surface area (Å²) in [5.74, 6) is -1.44. The third-order valence-corrected chi connectivity index (χ3v) is 7.82. The van der Waals surface area contributed by atoms with Gasteiger partial charge in [0, 0.05) is 37.0 Å². The van der Waals surface area contributed by atoms with Crippen LogP contribution in [0.1, 0.15) is 53.7 Å². The third kappa shape index (κ3) is 4.38. The van der Waals surface area contributed by atoms with Gasteiger partial charge in [-0.3, -0.25) is 14.2 Å². The van der Waals surface area contributed by atoms with E-state index in [9.17, 15) is 35.9 Å². The van der Waals surface area contributed by atoms with Gasteiger partial charge in [0.15, 0.2) is 0 Å². The molecule has 2 aromatic rings. The molecule has 1 aromatic carbocycles. The maximum atomic E-state index is 14.6. The number of amides is 1. The summed E-state index contributed by atoms with van der Waals surface area (Å²) >= 11 is 0. The molecule has 1 aliphatic heterocycles. The second-order valence-electron chi connectivity index (χ2n) is 10.3. The summed E-state index contributed by atoms with van der Waals surface area (Å²) in [6.45, 7) is 3.01. The van der Waals surface area contributed by atoms with E-state index in [1.54, 1.807) is 0 Å². The fraction of sp³-hybridized carbons (Fsp3) is 0.520. The van der Waals surface area contributed by atoms with Gasteiger partial charge in [-0.05, 0) is 38.6 Å². The minimum absolute atomic E-state index is 0.0342. The highest BCUT2D eigenvalue weighted by atomic mass is 19.4. The number of aromatic nitrogens is 1. The van der Waals surface area contributed by atoms with Gasteiger partial charge in [0.1, 0.15) is 11.4 Å². The topological polar surface area (TPSA) is 66.4 Å². The summed E-state index contributed by atoms with van der Waals surface area (Å²) in [5.41, 5.74) is -4.39. The highest BCUT2D eigenvalue weighted by molar-refractivity contribution is 5.99. The summed E-state index contributed by atoms with van der Waals surface area (Å²) in [7, 11) is 1.97. The molecule has 2 aliphatic carbocycles. The molecule has 2 N–H and O–H groups in total. The van der Waals surface area contributed by atoms with Crippen LogP contribution in [0.2, 0.25) is 0 Å². The first kappa shape index (κ1) is 25.6. The zero-order valence-electron chi connectivity index (χ0n) is 20.1. The van der Waals surface area contributed by atoms with E-state index in [0.29, 0.717) is 16.4 Å². The van der Waals surface area contributed by atoms with Crippen LogP contribution < -0.4 is 16.2 Å². The number of fused-ring (bicyclic) bond motifs is 1. The average molecular weight is 528 g/mol. The van der Waals surface area contributed by atoms with Crippen LogP contribution in [0.4, 0.5) is 32.0 Å². The highest BCUT2D eigenvalue weighted by Crippen LogP contribution is 2.55. The number of carbonyl (C=O) groups is 1. The lowest BCUT2D eigenvalue weighted by atomic mass is 10.0. The van der Waals surface area contributed by atoms with E-state index in [4.69, 9.17) is 0 Å². The minimum Gasteiger partial charge on any atom is -0.381 e. The standard InChI is InChI=1S/C25H26F6N4O2/c1-12(13-4-3-5-14(20(13)26)22(27)28)32-23(37)17-11-35(24(6-7-24)25(29,30)31)19(36)8-18(17)33-21-15-9-34(2)10-16(15)21/h3-5,8,11-12,15-16,21-22,33H,6-7,9-10H2,1-2H3,(H,32,37)/t12-,15-,16+,21?/m1/s1. The molecule has 2 saturated carbocycles. The van der Waals surface area contributed by atoms with Crippen LogP contribution >= 0.6 is 0 Å². The lowest BCUT2D eigenvalue weighted by Gasteiger charge is -2.25. The second kappa shape index (κ2) is 8.78. The Labute approximate surface area is 208 Å². The number of likely N-dealkylation sites (tertiary alicyclic amines) is 1. The first-order chi connectivity index (χ1) is 17.3. The number of halogens is 6. The normalized spacial score (nSPS) is 25.1. The highest BCUT2D eigenvalue weighted by Gasteiger charge is 2.65. The van der Waals surface area contributed by atoms with Crippen LogP contribution in [-0.2, 0) is 5.54 Å². The lowest BCUT2D eigenvalue weighted by Crippen LogP contribution is -2.42. The third-order valence-electron chi connectivity index (χ3n) is 7.82. The van der Waals surface area contributed by atoms with Gasteiger partial charge in [-0.2, -0.15) is 13.2 Å². The number of rotatable bonds is 7. The van der Waals surface area contributed by atoms with Gasteiger partial charge in [-0.15, -0.1) is 0 Å². The number of carbonyl (C=O) groups excluding carboxylic acids is 1. The van der Waals surface area contributed by atoms with Crippen LogP contribution in [0.25, 0.3) is 0 Å². The van der Waals surface area contributed by atoms with Crippen molar-refractivity contribution in [1.29, 1.82) is 0 Å². The predicted octanol–water partition coefficient (Wildman–Crippen LogP) is 4.44. The molecular formula is C25H26F6N4O2. The maximum absolute atomic E-state index is 14.6. The Bertz CT molecular complexity index is 1280. The van der Waals surface area contributed by atoms with E-state index in [0.717, 1.165) is 31.4 Å². The first-order valence-electron chi connectivity index (χ1n) is 12.0. The van der Waals surface area contributed by atoms with Crippen molar-refractivity contribution in [2.75, 3.05) is 25.5 Å². The van der Waals surface area contributed by atoms with Crippen molar-refractivity contribution in [1.82, 2.24) is 14.8 Å². The Morgan fingerprint density at radius 2 is 1.76 bits per heavy atom. The molecule has 0 radical (unpaired) electrons. The van der Waals surface area contributed by atoms with Crippen LogP contribution in [-0.4, -0.2) is 47.7 Å². The largest absolute Gasteiger partial charge is 0.412 e. The fourth-order valence-electron chi connectivity index (χ4n) is 5.50. The molecule has 12 heteroatoms. The van der Waals surface area contributed by atoms with Gasteiger partial charge in [0.05, 0.1) is 22.9 Å². The van der Waals surface area contributed by atoms with E-state index < -0.39 is 47.0 Å². The fourth-order valence-corrected chi connectivity index (χ4v) is 5.50. The molecule has 1 saturated heterocycles. The van der Waals surface area contributed by atoms with Crippen molar-refractivity contribution in [3.05, 3.63) is 63.3 Å². The van der Waals surface area contributed by atoms with Gasteiger partial charge in [0.25, 0.3) is 17.9 Å². The average Bonchev–Trinajstić information content (AvgIpc) is 3.69. The van der Waals surface area contributed by atoms with Crippen molar-refractivity contribution < 1.29 is 31.1 Å². The lowest BCUT2D eigenvalue weighted by molar-refractivity contribution is -0.180. The number of hydrogen-bond donors (Lipinski definition) is 2. The number of anilines is 1. The molecular weight excluding hydrogens is 502 g/mol. The van der Waals surface area contributed by atoms with Crippen LogP contribution in [0.5, 0.6) is 0 Å². The van der Waals surface area contributed by atoms with Crippen molar-refractivity contribution in [2.24, 2.45) is 11.8 Å². The number of piperidine rings is 1. The predicted molar refractivity (Wildman–Crippen MR) is 123 cm³/mol. The number of benzene rings is 1. The second-order valence-corrected chi connectivity index (χ2v) is 10.3. The van der Waals surface area contributed by atoms with Gasteiger partial charge in [0.2, 0.25) is 0 Å². The first-order valence-corrected chi connectivity index (χ1v) is 12.0. The van der Waals surface area contributed by atoms with Gasteiger partial charge in [-0.1, -0.05) is 18.2 Å². The van der Waals surface area contributed by atoms with Crippen molar-refractivity contribution in [3.8, 4) is 0 Å². The molecule has 2 heterocycles. The van der Waals surface area contributed by atoms with Crippen LogP contribution in [0.3, 0.4) is 0 Å². The van der Waals surface area contributed by atoms with E-state index in [1.807, 2.05) is 7.05 Å². The van der Waals surface area contributed by atoms with Crippen LogP contribution in [0, 0.1) is 17.7 Å². The van der Waals surface area contributed by atoms with Crippen molar-refractivity contribution in [2.45, 2.75) is 50.0 Å². The number of nitrogens with one attached hydrogen (secondary N) is 2. The maximum Gasteiger partial charge on any atom is 0.412 e. The summed E-state index contributed by atoms with van der Waals surface area (Å²) in [6.07, 6.45) is -7.42. The van der Waals surface area contributed by atoms with Crippen LogP contribution in [0.15, 0.2) is 35.3 Å². The molecule has 6 nitrogen and oxygen atoms in total. The molecule has 37 heavy (non-hydrogen) atoms. The smallest absolute Gasteiger partial charge is 0.381 e. The Balaban J connectivity index is 1.47. The van der Waals surface area contributed by atoms with E-state index >= 15 is 0 Å². The summed E-state index contributed by atoms with van der Waals surface area (Å²) in [5, 5.41) is 5.66. The number of nitrogens with zero attached hydrogens (tertiary/aromatic N) is 2. The minimum atomic E-state index is -4.69. The number of alkyl halides is 5. The summed E-state index contributed by atoms with van der Waals surface area (Å²) in [4.78, 5) is 28.3. The molecule has 3 aliphatic rings. The summed E-state index contributed by atoms with van der Waals surface area (Å²) in [6, 6.07) is 3.31. The van der Waals surface area contributed by atoms with Gasteiger partial charge < -0.3 is 15.5 Å². The van der Waals surface area contributed by atoms with Crippen molar-refractivity contribution in [3.63, 3.8) is 0 Å². The Morgan fingerprint density at radius 1 is 1.14 bits per heavy atom. The molecule has 3 fully saturated rings. The Hall–Kier alpha value is -3.02. The monoisotopic (exact) mass is 528 g/mol. The number of hydrogen-bond acceptors (Lipinski definition) is 4. The number of pyridine rings is 1. The molecule has 0 bridgehead atoms. The molecule has 5 rings (SSSR count). The van der Waals surface area contributed by atoms with E-state index in [1.165, 1.54) is 19.1 Å². The molecule has 0 spiro atoms. The van der Waals surface area contributed by atoms with E-state index in [-0.39, 0.29) is 35.7 Å². The molecule has 1 aromatic heterocycles. The molecule has 200 valence electrons. The van der Waals surface area contributed by atoms with Crippen molar-refractivity contribution >= 4 is 11.6 Å². The van der Waals surface area contributed by atoms with Gasteiger partial charge >= 0.3 is 6.18 Å². The summed E-state index contributed by atoms with van der Waals surface area (Å²) < 4.78 is 82.9. The molecule has 4 atom stereocenters.